The van der Waals surface area contributed by atoms with Crippen molar-refractivity contribution in [3.05, 3.63) is 0 Å². The van der Waals surface area contributed by atoms with Crippen LogP contribution in [0.3, 0.4) is 0 Å². The van der Waals surface area contributed by atoms with Crippen LogP contribution in [0.5, 0.6) is 0 Å². The van der Waals surface area contributed by atoms with E-state index in [4.69, 9.17) is 17.0 Å². The predicted octanol–water partition coefficient (Wildman–Crippen LogP) is 2.31. The van der Waals surface area contributed by atoms with Crippen LogP contribution in [0.2, 0.25) is 0 Å². The number of thiocarbonyl (C=S) groups is 1. The largest absolute Gasteiger partial charge is 0.383 e. The molecule has 1 aliphatic carbocycles. The van der Waals surface area contributed by atoms with Crippen LogP contribution in [0.15, 0.2) is 0 Å². The van der Waals surface area contributed by atoms with Gasteiger partial charge < -0.3 is 15.4 Å². The van der Waals surface area contributed by atoms with Crippen molar-refractivity contribution in [3.8, 4) is 0 Å². The molecule has 3 nitrogen and oxygen atoms in total. The summed E-state index contributed by atoms with van der Waals surface area (Å²) in [6.45, 7) is 7.43. The summed E-state index contributed by atoms with van der Waals surface area (Å²) in [5.74, 6) is 1.64. The van der Waals surface area contributed by atoms with E-state index in [2.05, 4.69) is 31.4 Å². The van der Waals surface area contributed by atoms with Gasteiger partial charge in [0.25, 0.3) is 0 Å². The fourth-order valence-electron chi connectivity index (χ4n) is 2.42. The third-order valence-corrected chi connectivity index (χ3v) is 3.96. The fourth-order valence-corrected chi connectivity index (χ4v) is 2.79. The lowest BCUT2D eigenvalue weighted by molar-refractivity contribution is 0.178. The van der Waals surface area contributed by atoms with Crippen molar-refractivity contribution in [1.82, 2.24) is 10.6 Å². The molecule has 2 N–H and O–H groups in total. The zero-order valence-electron chi connectivity index (χ0n) is 11.5. The molecule has 0 aromatic carbocycles. The van der Waals surface area contributed by atoms with Gasteiger partial charge in [0.05, 0.1) is 6.61 Å². The monoisotopic (exact) mass is 258 g/mol. The maximum atomic E-state index is 5.32. The van der Waals surface area contributed by atoms with Crippen LogP contribution in [0, 0.1) is 11.8 Å². The molecule has 0 amide bonds. The third-order valence-electron chi connectivity index (χ3n) is 3.73. The summed E-state index contributed by atoms with van der Waals surface area (Å²) < 4.78 is 5.08. The van der Waals surface area contributed by atoms with E-state index >= 15 is 0 Å². The Balaban J connectivity index is 2.27. The van der Waals surface area contributed by atoms with Crippen molar-refractivity contribution in [2.24, 2.45) is 11.8 Å². The first-order valence-corrected chi connectivity index (χ1v) is 6.99. The van der Waals surface area contributed by atoms with E-state index in [0.717, 1.165) is 16.9 Å². The molecule has 0 heterocycles. The lowest BCUT2D eigenvalue weighted by atomic mass is 9.79. The van der Waals surface area contributed by atoms with E-state index in [1.165, 1.54) is 19.3 Å². The molecule has 0 bridgehead atoms. The minimum Gasteiger partial charge on any atom is -0.383 e. The summed E-state index contributed by atoms with van der Waals surface area (Å²) >= 11 is 5.32. The van der Waals surface area contributed by atoms with Crippen LogP contribution in [-0.2, 0) is 4.74 Å². The summed E-state index contributed by atoms with van der Waals surface area (Å²) in [5.41, 5.74) is 0. The van der Waals surface area contributed by atoms with Gasteiger partial charge in [0.2, 0.25) is 0 Å². The van der Waals surface area contributed by atoms with Gasteiger partial charge >= 0.3 is 0 Å². The molecule has 4 heteroatoms. The summed E-state index contributed by atoms with van der Waals surface area (Å²) in [4.78, 5) is 0. The minimum absolute atomic E-state index is 0.264. The van der Waals surface area contributed by atoms with E-state index in [0.29, 0.717) is 12.6 Å². The van der Waals surface area contributed by atoms with Gasteiger partial charge in [-0.15, -0.1) is 0 Å². The molecule has 100 valence electrons. The molecule has 17 heavy (non-hydrogen) atoms. The maximum absolute atomic E-state index is 5.32. The average molecular weight is 258 g/mol. The highest BCUT2D eigenvalue weighted by Crippen LogP contribution is 2.29. The fraction of sp³-hybridized carbons (Fsp3) is 0.923. The van der Waals surface area contributed by atoms with Crippen LogP contribution >= 0.6 is 12.2 Å². The summed E-state index contributed by atoms with van der Waals surface area (Å²) in [5, 5.41) is 7.44. The van der Waals surface area contributed by atoms with Crippen LogP contribution in [0.25, 0.3) is 0 Å². The predicted molar refractivity (Wildman–Crippen MR) is 76.2 cm³/mol. The molecule has 0 radical (unpaired) electrons. The summed E-state index contributed by atoms with van der Waals surface area (Å²) in [7, 11) is 1.71. The highest BCUT2D eigenvalue weighted by Gasteiger charge is 2.24. The van der Waals surface area contributed by atoms with Gasteiger partial charge in [-0.2, -0.15) is 0 Å². The Morgan fingerprint density at radius 3 is 2.65 bits per heavy atom. The number of hydrogen-bond acceptors (Lipinski definition) is 2. The number of hydrogen-bond donors (Lipinski definition) is 2. The number of nitrogens with one attached hydrogen (secondary N) is 2. The van der Waals surface area contributed by atoms with Gasteiger partial charge in [-0.1, -0.05) is 13.8 Å². The molecular weight excluding hydrogens is 232 g/mol. The third kappa shape index (κ3) is 5.21. The Morgan fingerprint density at radius 1 is 1.35 bits per heavy atom. The van der Waals surface area contributed by atoms with Crippen molar-refractivity contribution >= 4 is 17.3 Å². The Kier molecular flexibility index (Phi) is 6.20. The highest BCUT2D eigenvalue weighted by atomic mass is 32.1. The maximum Gasteiger partial charge on any atom is 0.166 e. The molecule has 0 aliphatic heterocycles. The topological polar surface area (TPSA) is 33.3 Å². The zero-order chi connectivity index (χ0) is 12.8. The first-order valence-electron chi connectivity index (χ1n) is 6.59. The number of methoxy groups -OCH3 is 1. The van der Waals surface area contributed by atoms with Gasteiger partial charge in [0, 0.05) is 19.2 Å². The smallest absolute Gasteiger partial charge is 0.166 e. The average Bonchev–Trinajstić information content (AvgIpc) is 2.23. The van der Waals surface area contributed by atoms with Crippen molar-refractivity contribution < 1.29 is 4.74 Å². The second-order valence-corrected chi connectivity index (χ2v) is 5.85. The molecule has 0 aromatic rings. The second kappa shape index (κ2) is 7.17. The lowest BCUT2D eigenvalue weighted by Crippen LogP contribution is -2.48. The van der Waals surface area contributed by atoms with Crippen LogP contribution < -0.4 is 10.6 Å². The van der Waals surface area contributed by atoms with Gasteiger partial charge in [-0.25, -0.2) is 0 Å². The highest BCUT2D eigenvalue weighted by molar-refractivity contribution is 7.80. The van der Waals surface area contributed by atoms with Crippen LogP contribution in [-0.4, -0.2) is 30.9 Å². The molecule has 0 aromatic heterocycles. The molecule has 4 unspecified atom stereocenters. The summed E-state index contributed by atoms with van der Waals surface area (Å²) in [6.07, 6.45) is 3.75. The number of ether oxygens (including phenoxy) is 1. The molecule has 1 rings (SSSR count). The van der Waals surface area contributed by atoms with Crippen molar-refractivity contribution in [2.45, 2.75) is 52.1 Å². The number of rotatable bonds is 4. The molecule has 0 spiro atoms. The summed E-state index contributed by atoms with van der Waals surface area (Å²) in [6, 6.07) is 0.802. The standard InChI is InChI=1S/C13H26N2OS/c1-9-5-6-12(7-10(9)2)15-13(17)14-11(3)8-16-4/h9-12H,5-8H2,1-4H3,(H2,14,15,17). The van der Waals surface area contributed by atoms with Gasteiger partial charge in [0.15, 0.2) is 5.11 Å². The zero-order valence-corrected chi connectivity index (χ0v) is 12.3. The van der Waals surface area contributed by atoms with Gasteiger partial charge in [-0.3, -0.25) is 0 Å². The molecule has 1 aliphatic rings. The SMILES string of the molecule is COCC(C)NC(=S)NC1CCC(C)C(C)C1. The van der Waals surface area contributed by atoms with Crippen molar-refractivity contribution in [1.29, 1.82) is 0 Å². The Bertz CT molecular complexity index is 248. The molecule has 4 atom stereocenters. The van der Waals surface area contributed by atoms with Gasteiger partial charge in [0.1, 0.15) is 0 Å². The Labute approximate surface area is 111 Å². The lowest BCUT2D eigenvalue weighted by Gasteiger charge is -2.33. The molecule has 0 saturated heterocycles. The first-order chi connectivity index (χ1) is 8.02. The van der Waals surface area contributed by atoms with Crippen LogP contribution in [0.4, 0.5) is 0 Å². The van der Waals surface area contributed by atoms with E-state index in [1.54, 1.807) is 7.11 Å². The normalized spacial score (nSPS) is 30.7. The quantitative estimate of drug-likeness (QED) is 0.758. The van der Waals surface area contributed by atoms with E-state index in [1.807, 2.05) is 0 Å². The van der Waals surface area contributed by atoms with E-state index in [9.17, 15) is 0 Å². The Morgan fingerprint density at radius 2 is 2.06 bits per heavy atom. The molecular formula is C13H26N2OS. The van der Waals surface area contributed by atoms with Crippen molar-refractivity contribution in [2.75, 3.05) is 13.7 Å². The van der Waals surface area contributed by atoms with E-state index in [-0.39, 0.29) is 6.04 Å². The second-order valence-electron chi connectivity index (χ2n) is 5.44. The molecule has 1 saturated carbocycles. The molecule has 1 fully saturated rings. The van der Waals surface area contributed by atoms with Crippen LogP contribution in [0.1, 0.15) is 40.0 Å². The van der Waals surface area contributed by atoms with Gasteiger partial charge in [-0.05, 0) is 50.2 Å². The van der Waals surface area contributed by atoms with Crippen molar-refractivity contribution in [3.63, 3.8) is 0 Å². The Hall–Kier alpha value is -0.350. The van der Waals surface area contributed by atoms with E-state index < -0.39 is 0 Å². The first kappa shape index (κ1) is 14.7. The minimum atomic E-state index is 0.264.